The third-order valence-corrected chi connectivity index (χ3v) is 5.38. The van der Waals surface area contributed by atoms with E-state index in [1.807, 2.05) is 27.7 Å². The zero-order valence-electron chi connectivity index (χ0n) is 23.7. The maximum absolute atomic E-state index is 11.9. The van der Waals surface area contributed by atoms with Crippen LogP contribution in [0.25, 0.3) is 0 Å². The molecule has 1 heterocycles. The second-order valence-electron chi connectivity index (χ2n) is 11.1. The van der Waals surface area contributed by atoms with E-state index in [1.165, 1.54) is 12.2 Å². The molecule has 2 N–H and O–H groups in total. The van der Waals surface area contributed by atoms with Gasteiger partial charge in [-0.25, -0.2) is 0 Å². The molecule has 0 aromatic heterocycles. The fourth-order valence-electron chi connectivity index (χ4n) is 2.69. The van der Waals surface area contributed by atoms with Crippen LogP contribution in [0, 0.1) is 33.5 Å². The maximum atomic E-state index is 11.9. The summed E-state index contributed by atoms with van der Waals surface area (Å²) < 4.78 is 11.7. The van der Waals surface area contributed by atoms with Crippen molar-refractivity contribution in [3.05, 3.63) is 26.0 Å². The van der Waals surface area contributed by atoms with Crippen molar-refractivity contribution in [3.8, 4) is 0 Å². The molecular formula is C27H47AmN3O6-2. The molecule has 0 bridgehead atoms. The first kappa shape index (κ1) is 37.2. The molecule has 0 spiro atoms. The third kappa shape index (κ3) is 19.7. The summed E-state index contributed by atoms with van der Waals surface area (Å²) in [5.74, 6) is -1.33. The fraction of sp³-hybridized carbons (Fsp3) is 0.704. The molecule has 1 radical (unpaired) electrons. The van der Waals surface area contributed by atoms with E-state index in [9.17, 15) is 19.2 Å². The van der Waals surface area contributed by atoms with Crippen LogP contribution < -0.4 is 10.6 Å². The first-order valence-corrected chi connectivity index (χ1v) is 12.5. The number of hydrogen-bond donors (Lipinski definition) is 2. The molecule has 0 aliphatic carbocycles. The van der Waals surface area contributed by atoms with Gasteiger partial charge in [0.15, 0.2) is 0 Å². The molecule has 9 nitrogen and oxygen atoms in total. The summed E-state index contributed by atoms with van der Waals surface area (Å²) in [7, 11) is 0. The average molecular weight is 753 g/mol. The Morgan fingerprint density at radius 2 is 1.35 bits per heavy atom. The number of rotatable bonds is 14. The summed E-state index contributed by atoms with van der Waals surface area (Å²) in [4.78, 5) is 46.6. The van der Waals surface area contributed by atoms with E-state index in [1.54, 1.807) is 0 Å². The third-order valence-electron chi connectivity index (χ3n) is 5.38. The predicted molar refractivity (Wildman–Crippen MR) is 141 cm³/mol. The van der Waals surface area contributed by atoms with Crippen LogP contribution in [0.2, 0.25) is 0 Å². The maximum Gasteiger partial charge on any atom is 0.253 e. The average Bonchev–Trinajstić information content (AvgIpc) is 3.06. The summed E-state index contributed by atoms with van der Waals surface area (Å²) in [5.41, 5.74) is -0.397. The zero-order valence-corrected chi connectivity index (χ0v) is 26.9. The monoisotopic (exact) mass is 750 g/mol. The first-order chi connectivity index (χ1) is 16.5. The van der Waals surface area contributed by atoms with Crippen molar-refractivity contribution < 1.29 is 42.9 Å². The number of nitrogens with zero attached hydrogens (tertiary/aromatic N) is 1. The van der Waals surface area contributed by atoms with Crippen molar-refractivity contribution in [2.24, 2.45) is 5.41 Å². The standard InChI is InChI=1S/C21H34N3O6.C6H13.Am/c1-16(25)22-12-15-30-21(4,5)10-14-29-20(2,3)9-11-23-17(26)8-13-24-18(27)6-7-19(24)28;1-5-6(2,3)4;/h6-7H,1,8-15H2,2-5H3,(H,22,25)(H,23,26);1,5H2,2-4H3;/q2*-1;. The van der Waals surface area contributed by atoms with Gasteiger partial charge in [-0.2, -0.15) is 6.42 Å². The second kappa shape index (κ2) is 17.5. The molecule has 0 aromatic carbocycles. The van der Waals surface area contributed by atoms with Crippen molar-refractivity contribution in [1.29, 1.82) is 0 Å². The Labute approximate surface area is 231 Å². The normalized spacial score (nSPS) is 13.6. The number of nitrogens with one attached hydrogen (secondary N) is 2. The molecule has 0 unspecified atom stereocenters. The number of imide groups is 1. The van der Waals surface area contributed by atoms with Crippen molar-refractivity contribution in [3.63, 3.8) is 0 Å². The van der Waals surface area contributed by atoms with E-state index in [0.29, 0.717) is 44.6 Å². The van der Waals surface area contributed by atoms with Gasteiger partial charge >= 0.3 is 0 Å². The molecule has 0 atom stereocenters. The van der Waals surface area contributed by atoms with Gasteiger partial charge < -0.3 is 38.7 Å². The van der Waals surface area contributed by atoms with Crippen LogP contribution in [0.4, 0.5) is 0 Å². The molecule has 1 aliphatic rings. The summed E-state index contributed by atoms with van der Waals surface area (Å²) >= 11 is 0. The molecule has 0 fully saturated rings. The molecule has 1 rings (SSSR count). The Hall–Kier alpha value is -2.00. The van der Waals surface area contributed by atoms with E-state index in [0.717, 1.165) is 11.3 Å². The fourth-order valence-corrected chi connectivity index (χ4v) is 2.69. The molecule has 0 aromatic rings. The zero-order chi connectivity index (χ0) is 28.0. The number of hydrogen-bond acceptors (Lipinski definition) is 6. The van der Waals surface area contributed by atoms with E-state index in [4.69, 9.17) is 9.47 Å². The van der Waals surface area contributed by atoms with Crippen LogP contribution >= 0.6 is 0 Å². The summed E-state index contributed by atoms with van der Waals surface area (Å²) in [6.07, 6.45) is 4.78. The van der Waals surface area contributed by atoms with E-state index < -0.39 is 11.2 Å². The Balaban J connectivity index is 0. The summed E-state index contributed by atoms with van der Waals surface area (Å²) in [5, 5.41) is 5.37. The topological polar surface area (TPSA) is 114 Å². The predicted octanol–water partition coefficient (Wildman–Crippen LogP) is 3.00. The number of carbonyl (C=O) groups is 4. The molecule has 0 saturated heterocycles. The summed E-state index contributed by atoms with van der Waals surface area (Å²) in [6, 6.07) is 0. The van der Waals surface area contributed by atoms with Crippen LogP contribution in [0.3, 0.4) is 0 Å². The molecule has 215 valence electrons. The quantitative estimate of drug-likeness (QED) is 0.160. The van der Waals surface area contributed by atoms with Crippen LogP contribution in [-0.4, -0.2) is 72.6 Å². The Kier molecular flexibility index (Phi) is 17.6. The molecule has 4 amide bonds. The van der Waals surface area contributed by atoms with Crippen molar-refractivity contribution in [2.75, 3.05) is 32.8 Å². The minimum Gasteiger partial charge on any atom is -0.379 e. The summed E-state index contributed by atoms with van der Waals surface area (Å²) in [6.45, 7) is 23.1. The number of ether oxygens (including phenoxy) is 2. The van der Waals surface area contributed by atoms with Crippen LogP contribution in [0.5, 0.6) is 0 Å². The van der Waals surface area contributed by atoms with Gasteiger partial charge in [-0.15, -0.1) is 0 Å². The molecule has 10 heteroatoms. The number of carbonyl (C=O) groups excluding carboxylic acids is 4. The van der Waals surface area contributed by atoms with Crippen molar-refractivity contribution in [1.82, 2.24) is 15.5 Å². The Morgan fingerprint density at radius 1 is 0.865 bits per heavy atom. The van der Waals surface area contributed by atoms with Crippen LogP contribution in [-0.2, 0) is 28.7 Å². The van der Waals surface area contributed by atoms with Gasteiger partial charge in [0.05, 0.1) is 30.3 Å². The van der Waals surface area contributed by atoms with Gasteiger partial charge in [-0.3, -0.25) is 19.3 Å². The molecule has 0 saturated carbocycles. The Bertz CT molecular complexity index is 742. The Morgan fingerprint density at radius 3 is 1.84 bits per heavy atom. The molecular weight excluding hydrogens is 705 g/mol. The van der Waals surface area contributed by atoms with Gasteiger partial charge in [0.25, 0.3) is 11.8 Å². The second-order valence-corrected chi connectivity index (χ2v) is 11.1. The molecule has 1 aliphatic heterocycles. The van der Waals surface area contributed by atoms with Gasteiger partial charge in [-0.1, -0.05) is 26.2 Å². The molecule has 37 heavy (non-hydrogen) atoms. The number of amides is 4. The van der Waals surface area contributed by atoms with Gasteiger partial charge in [-0.05, 0) is 40.5 Å². The smallest absolute Gasteiger partial charge is 0.253 e. The van der Waals surface area contributed by atoms with Gasteiger partial charge in [0, 0.05) is 52.5 Å². The largest absolute Gasteiger partial charge is 0.379 e. The van der Waals surface area contributed by atoms with Crippen LogP contribution in [0.1, 0.15) is 74.1 Å². The minimum absolute atomic E-state index is 0. The SMILES string of the molecule is [Am].[CH2-]C(=O)NCCOC(C)(C)CCOC(C)(C)CCNC(=O)CCN1C(=O)C=CC1=O.[CH2-]CC(C)(C)C. The van der Waals surface area contributed by atoms with Gasteiger partial charge in [0.1, 0.15) is 0 Å². The van der Waals surface area contributed by atoms with E-state index in [2.05, 4.69) is 45.3 Å². The van der Waals surface area contributed by atoms with Gasteiger partial charge in [0.2, 0.25) is 5.91 Å². The first-order valence-electron chi connectivity index (χ1n) is 12.5. The van der Waals surface area contributed by atoms with Crippen LogP contribution in [0.15, 0.2) is 12.2 Å². The van der Waals surface area contributed by atoms with Crippen molar-refractivity contribution in [2.45, 2.75) is 85.4 Å². The van der Waals surface area contributed by atoms with Crippen molar-refractivity contribution >= 4 is 23.6 Å². The van der Waals surface area contributed by atoms with E-state index >= 15 is 0 Å². The van der Waals surface area contributed by atoms with E-state index in [-0.39, 0.29) is 50.9 Å². The minimum atomic E-state index is -0.435.